The van der Waals surface area contributed by atoms with Gasteiger partial charge < -0.3 is 15.9 Å². The molecule has 0 aliphatic carbocycles. The number of aliphatic carboxylic acids is 2. The average Bonchev–Trinajstić information content (AvgIpc) is 2.68. The Labute approximate surface area is 90.1 Å². The van der Waals surface area contributed by atoms with E-state index < -0.39 is 17.8 Å². The van der Waals surface area contributed by atoms with Gasteiger partial charge in [0.15, 0.2) is 0 Å². The number of primary amides is 1. The van der Waals surface area contributed by atoms with Crippen LogP contribution >= 0.6 is 0 Å². The summed E-state index contributed by atoms with van der Waals surface area (Å²) in [6, 6.07) is 1.52. The summed E-state index contributed by atoms with van der Waals surface area (Å²) < 4.78 is 0. The van der Waals surface area contributed by atoms with Gasteiger partial charge in [-0.1, -0.05) is 0 Å². The molecule has 0 saturated carbocycles. The van der Waals surface area contributed by atoms with E-state index >= 15 is 0 Å². The van der Waals surface area contributed by atoms with E-state index in [2.05, 4.69) is 10.2 Å². The Kier molecular flexibility index (Phi) is 5.95. The zero-order valence-corrected chi connectivity index (χ0v) is 8.21. The minimum atomic E-state index is -1.08. The second kappa shape index (κ2) is 6.98. The SMILES string of the molecule is NC(=O)c1ccn[nH]1.O=C(O)CCC(=O)O. The first-order valence-electron chi connectivity index (χ1n) is 4.16. The van der Waals surface area contributed by atoms with Gasteiger partial charge in [-0.25, -0.2) is 0 Å². The van der Waals surface area contributed by atoms with Crippen LogP contribution in [0.2, 0.25) is 0 Å². The lowest BCUT2D eigenvalue weighted by Crippen LogP contribution is -2.10. The van der Waals surface area contributed by atoms with Crippen molar-refractivity contribution in [3.05, 3.63) is 18.0 Å². The molecular weight excluding hydrogens is 218 g/mol. The highest BCUT2D eigenvalue weighted by molar-refractivity contribution is 5.90. The van der Waals surface area contributed by atoms with Crippen LogP contribution in [0, 0.1) is 0 Å². The molecule has 1 heterocycles. The van der Waals surface area contributed by atoms with Crippen LogP contribution in [-0.4, -0.2) is 38.3 Å². The molecule has 8 heteroatoms. The quantitative estimate of drug-likeness (QED) is 0.544. The van der Waals surface area contributed by atoms with Crippen molar-refractivity contribution >= 4 is 17.8 Å². The molecular formula is C8H11N3O5. The summed E-state index contributed by atoms with van der Waals surface area (Å²) >= 11 is 0. The summed E-state index contributed by atoms with van der Waals surface area (Å²) in [5.41, 5.74) is 5.19. The van der Waals surface area contributed by atoms with Gasteiger partial charge in [0.2, 0.25) is 0 Å². The third-order valence-corrected chi connectivity index (χ3v) is 1.32. The molecule has 1 amide bonds. The van der Waals surface area contributed by atoms with E-state index in [1.165, 1.54) is 12.3 Å². The van der Waals surface area contributed by atoms with Crippen molar-refractivity contribution in [2.24, 2.45) is 5.73 Å². The monoisotopic (exact) mass is 229 g/mol. The smallest absolute Gasteiger partial charge is 0.303 e. The molecule has 1 rings (SSSR count). The molecule has 0 bridgehead atoms. The summed E-state index contributed by atoms with van der Waals surface area (Å²) in [5, 5.41) is 21.7. The van der Waals surface area contributed by atoms with Crippen LogP contribution in [0.4, 0.5) is 0 Å². The number of aromatic amines is 1. The number of amides is 1. The highest BCUT2D eigenvalue weighted by Gasteiger charge is 2.00. The number of carbonyl (C=O) groups excluding carboxylic acids is 1. The fraction of sp³-hybridized carbons (Fsp3) is 0.250. The number of carbonyl (C=O) groups is 3. The maximum absolute atomic E-state index is 10.2. The minimum absolute atomic E-state index is 0.296. The number of nitrogens with zero attached hydrogens (tertiary/aromatic N) is 1. The molecule has 0 aromatic carbocycles. The van der Waals surface area contributed by atoms with Crippen molar-refractivity contribution in [1.29, 1.82) is 0 Å². The number of hydrogen-bond donors (Lipinski definition) is 4. The minimum Gasteiger partial charge on any atom is -0.481 e. The van der Waals surface area contributed by atoms with Crippen LogP contribution in [-0.2, 0) is 9.59 Å². The molecule has 16 heavy (non-hydrogen) atoms. The molecule has 0 atom stereocenters. The zero-order valence-electron chi connectivity index (χ0n) is 8.21. The Hall–Kier alpha value is -2.38. The summed E-state index contributed by atoms with van der Waals surface area (Å²) in [6.45, 7) is 0. The van der Waals surface area contributed by atoms with Crippen LogP contribution in [0.3, 0.4) is 0 Å². The first kappa shape index (κ1) is 13.6. The third kappa shape index (κ3) is 7.06. The van der Waals surface area contributed by atoms with Crippen molar-refractivity contribution < 1.29 is 24.6 Å². The number of carboxylic acid groups (broad SMARTS) is 2. The highest BCUT2D eigenvalue weighted by atomic mass is 16.4. The number of hydrogen-bond acceptors (Lipinski definition) is 4. The Morgan fingerprint density at radius 1 is 1.25 bits per heavy atom. The van der Waals surface area contributed by atoms with Gasteiger partial charge in [0.25, 0.3) is 5.91 Å². The third-order valence-electron chi connectivity index (χ3n) is 1.32. The van der Waals surface area contributed by atoms with E-state index in [0.29, 0.717) is 5.69 Å². The molecule has 1 aromatic heterocycles. The normalized spacial score (nSPS) is 8.75. The van der Waals surface area contributed by atoms with Crippen LogP contribution in [0.25, 0.3) is 0 Å². The maximum Gasteiger partial charge on any atom is 0.303 e. The van der Waals surface area contributed by atoms with E-state index in [0.717, 1.165) is 0 Å². The van der Waals surface area contributed by atoms with Crippen LogP contribution in [0.5, 0.6) is 0 Å². The first-order valence-corrected chi connectivity index (χ1v) is 4.16. The molecule has 8 nitrogen and oxygen atoms in total. The largest absolute Gasteiger partial charge is 0.481 e. The van der Waals surface area contributed by atoms with Gasteiger partial charge in [0.05, 0.1) is 12.8 Å². The predicted octanol–water partition coefficient (Wildman–Crippen LogP) is -0.556. The van der Waals surface area contributed by atoms with Gasteiger partial charge in [-0.05, 0) is 6.07 Å². The Balaban J connectivity index is 0.000000281. The Bertz CT molecular complexity index is 346. The van der Waals surface area contributed by atoms with Crippen molar-refractivity contribution in [1.82, 2.24) is 10.2 Å². The molecule has 0 fully saturated rings. The summed E-state index contributed by atoms with van der Waals surface area (Å²) in [5.74, 6) is -2.64. The van der Waals surface area contributed by atoms with Gasteiger partial charge in [-0.15, -0.1) is 0 Å². The van der Waals surface area contributed by atoms with Gasteiger partial charge in [-0.2, -0.15) is 5.10 Å². The van der Waals surface area contributed by atoms with Crippen molar-refractivity contribution in [3.8, 4) is 0 Å². The van der Waals surface area contributed by atoms with Crippen molar-refractivity contribution in [2.45, 2.75) is 12.8 Å². The zero-order chi connectivity index (χ0) is 12.6. The summed E-state index contributed by atoms with van der Waals surface area (Å²) in [7, 11) is 0. The van der Waals surface area contributed by atoms with E-state index in [1.54, 1.807) is 0 Å². The van der Waals surface area contributed by atoms with Gasteiger partial charge in [-0.3, -0.25) is 19.5 Å². The lowest BCUT2D eigenvalue weighted by Gasteiger charge is -1.85. The molecule has 5 N–H and O–H groups in total. The second-order valence-corrected chi connectivity index (χ2v) is 2.62. The predicted molar refractivity (Wildman–Crippen MR) is 51.6 cm³/mol. The van der Waals surface area contributed by atoms with Crippen molar-refractivity contribution in [2.75, 3.05) is 0 Å². The number of rotatable bonds is 4. The average molecular weight is 229 g/mol. The summed E-state index contributed by atoms with van der Waals surface area (Å²) in [6.07, 6.45) is 0.880. The molecule has 0 aliphatic heterocycles. The van der Waals surface area contributed by atoms with Crippen LogP contribution in [0.15, 0.2) is 12.3 Å². The highest BCUT2D eigenvalue weighted by Crippen LogP contribution is 1.86. The topological polar surface area (TPSA) is 146 Å². The summed E-state index contributed by atoms with van der Waals surface area (Å²) in [4.78, 5) is 29.5. The number of aromatic nitrogens is 2. The number of nitrogens with two attached hydrogens (primary N) is 1. The Morgan fingerprint density at radius 2 is 1.75 bits per heavy atom. The van der Waals surface area contributed by atoms with E-state index in [9.17, 15) is 14.4 Å². The second-order valence-electron chi connectivity index (χ2n) is 2.62. The van der Waals surface area contributed by atoms with Crippen molar-refractivity contribution in [3.63, 3.8) is 0 Å². The first-order chi connectivity index (χ1) is 7.43. The number of carboxylic acids is 2. The molecule has 0 unspecified atom stereocenters. The lowest BCUT2D eigenvalue weighted by atomic mass is 10.3. The van der Waals surface area contributed by atoms with Crippen LogP contribution in [0.1, 0.15) is 23.3 Å². The molecule has 1 aromatic rings. The molecule has 88 valence electrons. The molecule has 0 saturated heterocycles. The van der Waals surface area contributed by atoms with E-state index in [1.807, 2.05) is 0 Å². The fourth-order valence-electron chi connectivity index (χ4n) is 0.607. The van der Waals surface area contributed by atoms with Gasteiger partial charge in [0.1, 0.15) is 5.69 Å². The Morgan fingerprint density at radius 3 is 1.94 bits per heavy atom. The van der Waals surface area contributed by atoms with E-state index in [4.69, 9.17) is 15.9 Å². The fourth-order valence-corrected chi connectivity index (χ4v) is 0.607. The lowest BCUT2D eigenvalue weighted by molar-refractivity contribution is -0.143. The molecule has 0 spiro atoms. The van der Waals surface area contributed by atoms with Gasteiger partial charge >= 0.3 is 11.9 Å². The van der Waals surface area contributed by atoms with E-state index in [-0.39, 0.29) is 12.8 Å². The maximum atomic E-state index is 10.2. The number of nitrogens with one attached hydrogen (secondary N) is 1. The van der Waals surface area contributed by atoms with Gasteiger partial charge in [0, 0.05) is 6.20 Å². The standard InChI is InChI=1S/C4H5N3O.C4H6O4/c5-4(8)3-1-2-6-7-3;5-3(6)1-2-4(7)8/h1-2H,(H2,5,8)(H,6,7);1-2H2,(H,5,6)(H,7,8). The molecule has 0 radical (unpaired) electrons. The number of H-pyrrole nitrogens is 1. The van der Waals surface area contributed by atoms with Crippen LogP contribution < -0.4 is 5.73 Å². The molecule has 0 aliphatic rings.